The number of nitrogens with zero attached hydrogens (tertiary/aromatic N) is 1. The van der Waals surface area contributed by atoms with E-state index in [4.69, 9.17) is 23.1 Å². The van der Waals surface area contributed by atoms with E-state index in [0.717, 1.165) is 16.0 Å². The molecular formula is C22H18ClN3S. The lowest BCUT2D eigenvalue weighted by Crippen LogP contribution is -2.09. The van der Waals surface area contributed by atoms with Gasteiger partial charge in [0.25, 0.3) is 0 Å². The van der Waals surface area contributed by atoms with E-state index >= 15 is 0 Å². The predicted octanol–water partition coefficient (Wildman–Crippen LogP) is 5.54. The van der Waals surface area contributed by atoms with E-state index in [1.807, 2.05) is 78.9 Å². The molecule has 0 aromatic heterocycles. The Hall–Kier alpha value is -2.87. The zero-order valence-corrected chi connectivity index (χ0v) is 16.0. The molecule has 0 bridgehead atoms. The van der Waals surface area contributed by atoms with Crippen LogP contribution >= 0.6 is 23.4 Å². The quantitative estimate of drug-likeness (QED) is 0.340. The number of anilines is 1. The minimum Gasteiger partial charge on any atom is -0.398 e. The van der Waals surface area contributed by atoms with Crippen molar-refractivity contribution in [2.24, 2.45) is 5.73 Å². The molecule has 0 aliphatic heterocycles. The van der Waals surface area contributed by atoms with Crippen LogP contribution in [-0.4, -0.2) is 0 Å². The molecular weight excluding hydrogens is 374 g/mol. The van der Waals surface area contributed by atoms with E-state index in [9.17, 15) is 5.26 Å². The van der Waals surface area contributed by atoms with Crippen LogP contribution < -0.4 is 11.5 Å². The fourth-order valence-corrected chi connectivity index (χ4v) is 3.80. The Morgan fingerprint density at radius 2 is 1.48 bits per heavy atom. The monoisotopic (exact) mass is 391 g/mol. The van der Waals surface area contributed by atoms with Crippen molar-refractivity contribution in [3.8, 4) is 6.07 Å². The number of nitrogens with two attached hydrogens (primary N) is 2. The summed E-state index contributed by atoms with van der Waals surface area (Å²) in [6.07, 6.45) is 0. The highest BCUT2D eigenvalue weighted by molar-refractivity contribution is 8.03. The second-order valence-electron chi connectivity index (χ2n) is 5.92. The molecule has 1 unspecified atom stereocenters. The number of nitrogen functional groups attached to an aromatic ring is 1. The standard InChI is InChI=1S/C22H18ClN3S/c23-17-12-10-16(11-13-17)21(15-6-2-1-3-7-15)18(14-24)22(26)27-20-9-5-4-8-19(20)25/h1-13,21H,25-26H2/b22-18+. The molecule has 0 aliphatic rings. The minimum absolute atomic E-state index is 0.286. The predicted molar refractivity (Wildman–Crippen MR) is 113 cm³/mol. The van der Waals surface area contributed by atoms with Gasteiger partial charge in [-0.15, -0.1) is 0 Å². The van der Waals surface area contributed by atoms with Gasteiger partial charge in [-0.05, 0) is 35.4 Å². The van der Waals surface area contributed by atoms with Gasteiger partial charge in [-0.1, -0.05) is 78.0 Å². The number of hydrogen-bond acceptors (Lipinski definition) is 4. The molecule has 134 valence electrons. The van der Waals surface area contributed by atoms with Crippen molar-refractivity contribution in [1.82, 2.24) is 0 Å². The molecule has 0 saturated carbocycles. The third-order valence-electron chi connectivity index (χ3n) is 4.15. The van der Waals surface area contributed by atoms with Crippen LogP contribution in [0.3, 0.4) is 0 Å². The normalized spacial score (nSPS) is 12.7. The van der Waals surface area contributed by atoms with Gasteiger partial charge in [-0.25, -0.2) is 0 Å². The SMILES string of the molecule is N#C/C(=C(/N)Sc1ccccc1N)C(c1ccccc1)c1ccc(Cl)cc1. The van der Waals surface area contributed by atoms with Crippen LogP contribution in [-0.2, 0) is 0 Å². The van der Waals surface area contributed by atoms with E-state index in [1.54, 1.807) is 0 Å². The molecule has 3 nitrogen and oxygen atoms in total. The van der Waals surface area contributed by atoms with Crippen molar-refractivity contribution in [3.63, 3.8) is 0 Å². The molecule has 3 rings (SSSR count). The molecule has 3 aromatic carbocycles. The Balaban J connectivity index is 2.10. The van der Waals surface area contributed by atoms with Gasteiger partial charge in [-0.3, -0.25) is 0 Å². The number of benzene rings is 3. The summed E-state index contributed by atoms with van der Waals surface area (Å²) in [5, 5.41) is 11.0. The molecule has 0 radical (unpaired) electrons. The van der Waals surface area contributed by atoms with E-state index < -0.39 is 0 Å². The maximum atomic E-state index is 9.93. The smallest absolute Gasteiger partial charge is 0.0984 e. The van der Waals surface area contributed by atoms with Crippen molar-refractivity contribution in [1.29, 1.82) is 5.26 Å². The van der Waals surface area contributed by atoms with Gasteiger partial charge in [-0.2, -0.15) is 5.26 Å². The molecule has 0 fully saturated rings. The zero-order chi connectivity index (χ0) is 19.2. The number of hydrogen-bond donors (Lipinski definition) is 2. The van der Waals surface area contributed by atoms with Gasteiger partial charge in [0.15, 0.2) is 0 Å². The van der Waals surface area contributed by atoms with E-state index in [0.29, 0.717) is 21.3 Å². The fraction of sp³-hybridized carbons (Fsp3) is 0.0455. The number of halogens is 1. The Kier molecular flexibility index (Phi) is 6.08. The number of thioether (sulfide) groups is 1. The average Bonchev–Trinajstić information content (AvgIpc) is 2.69. The largest absolute Gasteiger partial charge is 0.398 e. The number of rotatable bonds is 5. The van der Waals surface area contributed by atoms with Crippen LogP contribution in [0.15, 0.2) is 94.4 Å². The van der Waals surface area contributed by atoms with Crippen molar-refractivity contribution < 1.29 is 0 Å². The molecule has 0 amide bonds. The summed E-state index contributed by atoms with van der Waals surface area (Å²) in [7, 11) is 0. The Morgan fingerprint density at radius 1 is 0.889 bits per heavy atom. The molecule has 1 atom stereocenters. The number of nitriles is 1. The summed E-state index contributed by atoms with van der Waals surface area (Å²) < 4.78 is 0. The summed E-state index contributed by atoms with van der Waals surface area (Å²) in [6, 6.07) is 27.1. The highest BCUT2D eigenvalue weighted by Gasteiger charge is 2.22. The van der Waals surface area contributed by atoms with Gasteiger partial charge in [0.1, 0.15) is 0 Å². The maximum Gasteiger partial charge on any atom is 0.0984 e. The van der Waals surface area contributed by atoms with Gasteiger partial charge in [0, 0.05) is 21.5 Å². The van der Waals surface area contributed by atoms with E-state index in [-0.39, 0.29) is 5.92 Å². The molecule has 0 spiro atoms. The van der Waals surface area contributed by atoms with E-state index in [2.05, 4.69) is 6.07 Å². The lowest BCUT2D eigenvalue weighted by molar-refractivity contribution is 0.971. The van der Waals surface area contributed by atoms with Crippen molar-refractivity contribution in [2.45, 2.75) is 10.8 Å². The average molecular weight is 392 g/mol. The topological polar surface area (TPSA) is 75.8 Å². The van der Waals surface area contributed by atoms with Gasteiger partial charge in [0.2, 0.25) is 0 Å². The zero-order valence-electron chi connectivity index (χ0n) is 14.5. The fourth-order valence-electron chi connectivity index (χ4n) is 2.84. The third-order valence-corrected chi connectivity index (χ3v) is 5.43. The Morgan fingerprint density at radius 3 is 2.11 bits per heavy atom. The van der Waals surface area contributed by atoms with Crippen molar-refractivity contribution in [2.75, 3.05) is 5.73 Å². The molecule has 0 saturated heterocycles. The number of para-hydroxylation sites is 1. The highest BCUT2D eigenvalue weighted by atomic mass is 35.5. The summed E-state index contributed by atoms with van der Waals surface area (Å²) in [4.78, 5) is 0.825. The number of allylic oxidation sites excluding steroid dienone is 1. The summed E-state index contributed by atoms with van der Waals surface area (Å²) in [6.45, 7) is 0. The summed E-state index contributed by atoms with van der Waals surface area (Å²) in [5.41, 5.74) is 15.5. The summed E-state index contributed by atoms with van der Waals surface area (Å²) in [5.74, 6) is -0.286. The van der Waals surface area contributed by atoms with Crippen molar-refractivity contribution >= 4 is 29.1 Å². The molecule has 0 aliphatic carbocycles. The first-order valence-electron chi connectivity index (χ1n) is 8.32. The van der Waals surface area contributed by atoms with Crippen LogP contribution in [0.25, 0.3) is 0 Å². The molecule has 4 N–H and O–H groups in total. The third kappa shape index (κ3) is 4.46. The van der Waals surface area contributed by atoms with Crippen LogP contribution in [0.2, 0.25) is 5.02 Å². The first-order valence-corrected chi connectivity index (χ1v) is 9.52. The Bertz CT molecular complexity index is 992. The lowest BCUT2D eigenvalue weighted by Gasteiger charge is -2.19. The summed E-state index contributed by atoms with van der Waals surface area (Å²) >= 11 is 7.35. The van der Waals surface area contributed by atoms with E-state index in [1.165, 1.54) is 11.8 Å². The first-order chi connectivity index (χ1) is 13.1. The molecule has 0 heterocycles. The van der Waals surface area contributed by atoms with Crippen LogP contribution in [0.1, 0.15) is 17.0 Å². The molecule has 5 heteroatoms. The minimum atomic E-state index is -0.286. The van der Waals surface area contributed by atoms with Crippen LogP contribution in [0, 0.1) is 11.3 Å². The van der Waals surface area contributed by atoms with Gasteiger partial charge < -0.3 is 11.5 Å². The highest BCUT2D eigenvalue weighted by Crippen LogP contribution is 2.38. The first kappa shape index (κ1) is 18.9. The maximum absolute atomic E-state index is 9.93. The Labute approximate surface area is 168 Å². The van der Waals surface area contributed by atoms with Gasteiger partial charge in [0.05, 0.1) is 16.7 Å². The van der Waals surface area contributed by atoms with Crippen LogP contribution in [0.4, 0.5) is 5.69 Å². The van der Waals surface area contributed by atoms with Gasteiger partial charge >= 0.3 is 0 Å². The van der Waals surface area contributed by atoms with Crippen LogP contribution in [0.5, 0.6) is 0 Å². The van der Waals surface area contributed by atoms with Crippen molar-refractivity contribution in [3.05, 3.63) is 106 Å². The molecule has 27 heavy (non-hydrogen) atoms. The molecule has 3 aromatic rings. The second kappa shape index (κ2) is 8.68. The second-order valence-corrected chi connectivity index (χ2v) is 7.45. The lowest BCUT2D eigenvalue weighted by atomic mass is 9.86.